The van der Waals surface area contributed by atoms with Gasteiger partial charge in [0.2, 0.25) is 0 Å². The minimum Gasteiger partial charge on any atom is -0.350 e. The summed E-state index contributed by atoms with van der Waals surface area (Å²) in [6, 6.07) is 8.34. The van der Waals surface area contributed by atoms with Gasteiger partial charge in [0.15, 0.2) is 0 Å². The van der Waals surface area contributed by atoms with Crippen molar-refractivity contribution in [1.29, 1.82) is 0 Å². The molecule has 0 saturated carbocycles. The molecule has 0 aliphatic carbocycles. The van der Waals surface area contributed by atoms with Gasteiger partial charge in [0, 0.05) is 31.2 Å². The van der Waals surface area contributed by atoms with Crippen molar-refractivity contribution in [2.75, 3.05) is 6.54 Å². The Bertz CT molecular complexity index is 964. The van der Waals surface area contributed by atoms with Crippen LogP contribution in [0, 0.1) is 33.6 Å². The van der Waals surface area contributed by atoms with Crippen LogP contribution in [-0.2, 0) is 13.6 Å². The van der Waals surface area contributed by atoms with E-state index in [1.54, 1.807) is 0 Å². The van der Waals surface area contributed by atoms with E-state index in [0.29, 0.717) is 18.2 Å². The minimum atomic E-state index is -0.0269. The third-order valence-corrected chi connectivity index (χ3v) is 4.89. The number of benzene rings is 1. The van der Waals surface area contributed by atoms with Crippen LogP contribution >= 0.6 is 0 Å². The number of aryl methyl sites for hydroxylation is 5. The number of carbonyl (C=O) groups excluding carboxylic acids is 1. The van der Waals surface area contributed by atoms with E-state index in [1.807, 2.05) is 29.3 Å². The summed E-state index contributed by atoms with van der Waals surface area (Å²) in [6.07, 6.45) is 0. The molecule has 2 heterocycles. The lowest BCUT2D eigenvalue weighted by atomic mass is 10.1. The van der Waals surface area contributed by atoms with Crippen molar-refractivity contribution < 1.29 is 4.79 Å². The van der Waals surface area contributed by atoms with Crippen molar-refractivity contribution in [3.63, 3.8) is 0 Å². The number of hydrogen-bond donors (Lipinski definition) is 1. The molecule has 0 aliphatic heterocycles. The fourth-order valence-electron chi connectivity index (χ4n) is 3.72. The molecule has 0 spiro atoms. The zero-order valence-corrected chi connectivity index (χ0v) is 16.6. The Balaban J connectivity index is 1.70. The van der Waals surface area contributed by atoms with Crippen LogP contribution in [0.25, 0.3) is 10.9 Å². The molecule has 1 atom stereocenters. The third-order valence-electron chi connectivity index (χ3n) is 4.89. The molecule has 3 aromatic rings. The lowest BCUT2D eigenvalue weighted by Crippen LogP contribution is -2.31. The number of aromatic nitrogens is 3. The zero-order chi connectivity index (χ0) is 19.0. The molecule has 1 aromatic carbocycles. The van der Waals surface area contributed by atoms with Gasteiger partial charge in [-0.1, -0.05) is 18.6 Å². The predicted molar refractivity (Wildman–Crippen MR) is 106 cm³/mol. The van der Waals surface area contributed by atoms with Crippen molar-refractivity contribution >= 4 is 16.8 Å². The molecule has 1 unspecified atom stereocenters. The topological polar surface area (TPSA) is 51.9 Å². The van der Waals surface area contributed by atoms with Gasteiger partial charge >= 0.3 is 0 Å². The first kappa shape index (κ1) is 18.2. The predicted octanol–water partition coefficient (Wildman–Crippen LogP) is 3.67. The summed E-state index contributed by atoms with van der Waals surface area (Å²) in [6.45, 7) is 11.8. The van der Waals surface area contributed by atoms with E-state index in [9.17, 15) is 4.79 Å². The lowest BCUT2D eigenvalue weighted by molar-refractivity contribution is 0.0939. The van der Waals surface area contributed by atoms with Crippen molar-refractivity contribution in [2.24, 2.45) is 13.0 Å². The van der Waals surface area contributed by atoms with Gasteiger partial charge in [-0.2, -0.15) is 5.10 Å². The molecule has 138 valence electrons. The van der Waals surface area contributed by atoms with E-state index in [4.69, 9.17) is 0 Å². The number of nitrogens with zero attached hydrogens (tertiary/aromatic N) is 3. The van der Waals surface area contributed by atoms with Crippen molar-refractivity contribution in [3.05, 3.63) is 52.5 Å². The maximum Gasteiger partial charge on any atom is 0.267 e. The Kier molecular flexibility index (Phi) is 4.90. The van der Waals surface area contributed by atoms with E-state index >= 15 is 0 Å². The SMILES string of the molecule is Cc1cc(C)c2c(c1)cc(C(=O)NCC(C)Cn1nc(C)cc1C)n2C. The second-order valence-electron chi connectivity index (χ2n) is 7.53. The van der Waals surface area contributed by atoms with Gasteiger partial charge in [0.05, 0.1) is 11.2 Å². The van der Waals surface area contributed by atoms with Crippen LogP contribution in [0.5, 0.6) is 0 Å². The summed E-state index contributed by atoms with van der Waals surface area (Å²) < 4.78 is 4.00. The number of hydrogen-bond acceptors (Lipinski definition) is 2. The summed E-state index contributed by atoms with van der Waals surface area (Å²) >= 11 is 0. The van der Waals surface area contributed by atoms with Crippen LogP contribution < -0.4 is 5.32 Å². The van der Waals surface area contributed by atoms with Crippen LogP contribution in [0.4, 0.5) is 0 Å². The Labute approximate surface area is 155 Å². The summed E-state index contributed by atoms with van der Waals surface area (Å²) in [4.78, 5) is 12.7. The molecule has 0 bridgehead atoms. The average molecular weight is 352 g/mol. The van der Waals surface area contributed by atoms with E-state index in [0.717, 1.165) is 28.8 Å². The standard InChI is InChI=1S/C21H28N4O/c1-13-7-15(3)20-18(8-13)10-19(24(20)6)21(26)22-11-14(2)12-25-17(5)9-16(4)23-25/h7-10,14H,11-12H2,1-6H3,(H,22,26). The van der Waals surface area contributed by atoms with Gasteiger partial charge in [0.25, 0.3) is 5.91 Å². The van der Waals surface area contributed by atoms with Gasteiger partial charge < -0.3 is 9.88 Å². The number of carbonyl (C=O) groups is 1. The molecule has 0 saturated heterocycles. The highest BCUT2D eigenvalue weighted by Gasteiger charge is 2.16. The van der Waals surface area contributed by atoms with Crippen LogP contribution in [0.1, 0.15) is 39.9 Å². The summed E-state index contributed by atoms with van der Waals surface area (Å²) in [5.74, 6) is 0.275. The fraction of sp³-hybridized carbons (Fsp3) is 0.429. The van der Waals surface area contributed by atoms with Crippen molar-refractivity contribution in [3.8, 4) is 0 Å². The minimum absolute atomic E-state index is 0.0269. The summed E-state index contributed by atoms with van der Waals surface area (Å²) in [5, 5.41) is 8.69. The van der Waals surface area contributed by atoms with E-state index in [1.165, 1.54) is 11.1 Å². The molecule has 2 aromatic heterocycles. The van der Waals surface area contributed by atoms with Gasteiger partial charge in [0.1, 0.15) is 5.69 Å². The van der Waals surface area contributed by atoms with Gasteiger partial charge in [-0.25, -0.2) is 0 Å². The quantitative estimate of drug-likeness (QED) is 0.762. The average Bonchev–Trinajstić information content (AvgIpc) is 3.04. The smallest absolute Gasteiger partial charge is 0.267 e. The third kappa shape index (κ3) is 3.52. The van der Waals surface area contributed by atoms with Crippen molar-refractivity contribution in [1.82, 2.24) is 19.7 Å². The maximum atomic E-state index is 12.7. The van der Waals surface area contributed by atoms with Crippen LogP contribution in [0.15, 0.2) is 24.3 Å². The first-order valence-electron chi connectivity index (χ1n) is 9.12. The van der Waals surface area contributed by atoms with Gasteiger partial charge in [-0.15, -0.1) is 0 Å². The molecular formula is C21H28N4O. The number of rotatable bonds is 5. The second kappa shape index (κ2) is 6.98. The molecular weight excluding hydrogens is 324 g/mol. The monoisotopic (exact) mass is 352 g/mol. The van der Waals surface area contributed by atoms with E-state index < -0.39 is 0 Å². The molecule has 1 amide bonds. The first-order chi connectivity index (χ1) is 12.3. The molecule has 0 aliphatic rings. The highest BCUT2D eigenvalue weighted by Crippen LogP contribution is 2.24. The Hall–Kier alpha value is -2.56. The molecule has 3 rings (SSSR count). The van der Waals surface area contributed by atoms with Gasteiger partial charge in [-0.3, -0.25) is 9.48 Å². The highest BCUT2D eigenvalue weighted by molar-refractivity contribution is 5.99. The molecule has 5 nitrogen and oxygen atoms in total. The van der Waals surface area contributed by atoms with Crippen LogP contribution in [-0.4, -0.2) is 26.8 Å². The highest BCUT2D eigenvalue weighted by atomic mass is 16.1. The second-order valence-corrected chi connectivity index (χ2v) is 7.53. The fourth-order valence-corrected chi connectivity index (χ4v) is 3.72. The molecule has 0 fully saturated rings. The Morgan fingerprint density at radius 2 is 1.88 bits per heavy atom. The molecule has 0 radical (unpaired) electrons. The molecule has 1 N–H and O–H groups in total. The van der Waals surface area contributed by atoms with Crippen LogP contribution in [0.2, 0.25) is 0 Å². The van der Waals surface area contributed by atoms with Gasteiger partial charge in [-0.05, 0) is 57.4 Å². The molecule has 5 heteroatoms. The largest absolute Gasteiger partial charge is 0.350 e. The maximum absolute atomic E-state index is 12.7. The zero-order valence-electron chi connectivity index (χ0n) is 16.6. The normalized spacial score (nSPS) is 12.5. The molecule has 26 heavy (non-hydrogen) atoms. The Morgan fingerprint density at radius 1 is 1.15 bits per heavy atom. The number of fused-ring (bicyclic) bond motifs is 1. The first-order valence-corrected chi connectivity index (χ1v) is 9.12. The van der Waals surface area contributed by atoms with Crippen LogP contribution in [0.3, 0.4) is 0 Å². The lowest BCUT2D eigenvalue weighted by Gasteiger charge is -2.14. The van der Waals surface area contributed by atoms with E-state index in [2.05, 4.69) is 56.3 Å². The summed E-state index contributed by atoms with van der Waals surface area (Å²) in [7, 11) is 1.96. The van der Waals surface area contributed by atoms with Crippen molar-refractivity contribution in [2.45, 2.75) is 41.2 Å². The number of nitrogens with one attached hydrogen (secondary N) is 1. The Morgan fingerprint density at radius 3 is 2.54 bits per heavy atom. The number of amides is 1. The summed E-state index contributed by atoms with van der Waals surface area (Å²) in [5.41, 5.74) is 6.41. The van der Waals surface area contributed by atoms with E-state index in [-0.39, 0.29) is 5.91 Å².